The van der Waals surface area contributed by atoms with Gasteiger partial charge in [-0.3, -0.25) is 19.2 Å². The van der Waals surface area contributed by atoms with Crippen molar-refractivity contribution in [3.05, 3.63) is 53.2 Å². The second-order valence-electron chi connectivity index (χ2n) is 9.04. The fourth-order valence-corrected chi connectivity index (χ4v) is 4.31. The SMILES string of the molecule is CC(C)N1CCC(NC(=O)c2cc(C(=O)NCc3ccc4c(c3)NC(=O)CO4)nc3c(F)cnn23)C1=O. The Balaban J connectivity index is 1.35. The fourth-order valence-electron chi connectivity index (χ4n) is 4.31. The lowest BCUT2D eigenvalue weighted by Crippen LogP contribution is -2.43. The van der Waals surface area contributed by atoms with Crippen LogP contribution in [-0.2, 0) is 16.1 Å². The molecule has 1 saturated heterocycles. The third-order valence-corrected chi connectivity index (χ3v) is 6.19. The Labute approximate surface area is 210 Å². The van der Waals surface area contributed by atoms with Gasteiger partial charge in [-0.15, -0.1) is 0 Å². The molecule has 2 aliphatic rings. The molecule has 1 aromatic carbocycles. The van der Waals surface area contributed by atoms with E-state index in [4.69, 9.17) is 4.74 Å². The van der Waals surface area contributed by atoms with Crippen LogP contribution < -0.4 is 20.7 Å². The van der Waals surface area contributed by atoms with Crippen molar-refractivity contribution in [2.45, 2.75) is 38.9 Å². The van der Waals surface area contributed by atoms with Crippen LogP contribution in [0.4, 0.5) is 10.1 Å². The molecule has 37 heavy (non-hydrogen) atoms. The average molecular weight is 509 g/mol. The second-order valence-corrected chi connectivity index (χ2v) is 9.04. The monoisotopic (exact) mass is 509 g/mol. The van der Waals surface area contributed by atoms with Crippen LogP contribution in [0.15, 0.2) is 30.5 Å². The molecule has 1 unspecified atom stereocenters. The van der Waals surface area contributed by atoms with Gasteiger partial charge in [0.05, 0.1) is 11.9 Å². The molecule has 4 amide bonds. The third kappa shape index (κ3) is 4.67. The number of carbonyl (C=O) groups is 4. The number of rotatable bonds is 6. The van der Waals surface area contributed by atoms with Crippen LogP contribution in [0.25, 0.3) is 5.65 Å². The molecule has 5 rings (SSSR count). The predicted molar refractivity (Wildman–Crippen MR) is 127 cm³/mol. The molecule has 0 radical (unpaired) electrons. The summed E-state index contributed by atoms with van der Waals surface area (Å²) < 4.78 is 20.7. The van der Waals surface area contributed by atoms with Gasteiger partial charge in [0.2, 0.25) is 5.91 Å². The van der Waals surface area contributed by atoms with Crippen molar-refractivity contribution in [2.24, 2.45) is 0 Å². The summed E-state index contributed by atoms with van der Waals surface area (Å²) in [6.45, 7) is 4.29. The number of fused-ring (bicyclic) bond motifs is 2. The van der Waals surface area contributed by atoms with Crippen LogP contribution in [0.1, 0.15) is 46.8 Å². The number of likely N-dealkylation sites (tertiary alicyclic amines) is 1. The zero-order valence-electron chi connectivity index (χ0n) is 20.1. The molecule has 3 aromatic rings. The maximum atomic E-state index is 14.4. The molecule has 0 bridgehead atoms. The minimum Gasteiger partial charge on any atom is -0.482 e. The standard InChI is InChI=1S/C24H24FN7O5/c1-12(2)31-6-5-15(24(31)36)30-23(35)18-8-17(29-21-14(25)10-27-32(18)21)22(34)26-9-13-3-4-19-16(7-13)28-20(33)11-37-19/h3-4,7-8,10,12,15H,5-6,9,11H2,1-2H3,(H,26,34)(H,28,33)(H,30,35). The van der Waals surface area contributed by atoms with Crippen LogP contribution in [0, 0.1) is 5.82 Å². The van der Waals surface area contributed by atoms with E-state index in [-0.39, 0.29) is 48.0 Å². The Kier molecular flexibility index (Phi) is 6.19. The Morgan fingerprint density at radius 2 is 2.05 bits per heavy atom. The highest BCUT2D eigenvalue weighted by atomic mass is 19.1. The number of amides is 4. The van der Waals surface area contributed by atoms with Crippen LogP contribution >= 0.6 is 0 Å². The van der Waals surface area contributed by atoms with E-state index in [2.05, 4.69) is 26.0 Å². The minimum atomic E-state index is -0.808. The summed E-state index contributed by atoms with van der Waals surface area (Å²) in [5.41, 5.74) is 0.520. The fraction of sp³-hybridized carbons (Fsp3) is 0.333. The van der Waals surface area contributed by atoms with Gasteiger partial charge in [0.25, 0.3) is 17.7 Å². The van der Waals surface area contributed by atoms with Crippen molar-refractivity contribution in [1.82, 2.24) is 30.1 Å². The van der Waals surface area contributed by atoms with Crippen LogP contribution in [0.5, 0.6) is 5.75 Å². The van der Waals surface area contributed by atoms with Gasteiger partial charge in [0.1, 0.15) is 23.2 Å². The molecule has 2 aliphatic heterocycles. The van der Waals surface area contributed by atoms with Crippen LogP contribution in [0.2, 0.25) is 0 Å². The Hall–Kier alpha value is -4.55. The lowest BCUT2D eigenvalue weighted by atomic mass is 10.1. The molecule has 0 spiro atoms. The molecule has 192 valence electrons. The summed E-state index contributed by atoms with van der Waals surface area (Å²) >= 11 is 0. The zero-order valence-corrected chi connectivity index (χ0v) is 20.1. The topological polar surface area (TPSA) is 147 Å². The van der Waals surface area contributed by atoms with Crippen molar-refractivity contribution in [2.75, 3.05) is 18.5 Å². The van der Waals surface area contributed by atoms with E-state index in [0.29, 0.717) is 30.0 Å². The molecule has 2 aromatic heterocycles. The molecule has 0 aliphatic carbocycles. The largest absolute Gasteiger partial charge is 0.482 e. The van der Waals surface area contributed by atoms with Crippen molar-refractivity contribution in [1.29, 1.82) is 0 Å². The molecular formula is C24H24FN7O5. The molecule has 4 heterocycles. The van der Waals surface area contributed by atoms with E-state index in [9.17, 15) is 23.6 Å². The number of nitrogens with zero attached hydrogens (tertiary/aromatic N) is 4. The van der Waals surface area contributed by atoms with Crippen LogP contribution in [-0.4, -0.2) is 68.4 Å². The number of ether oxygens (including phenoxy) is 1. The second kappa shape index (κ2) is 9.48. The lowest BCUT2D eigenvalue weighted by Gasteiger charge is -2.21. The Bertz CT molecular complexity index is 1440. The lowest BCUT2D eigenvalue weighted by molar-refractivity contribution is -0.130. The number of hydrogen-bond acceptors (Lipinski definition) is 7. The van der Waals surface area contributed by atoms with Gasteiger partial charge < -0.3 is 25.6 Å². The highest BCUT2D eigenvalue weighted by Crippen LogP contribution is 2.28. The van der Waals surface area contributed by atoms with E-state index >= 15 is 0 Å². The van der Waals surface area contributed by atoms with Crippen molar-refractivity contribution in [3.8, 4) is 5.75 Å². The van der Waals surface area contributed by atoms with Gasteiger partial charge in [0, 0.05) is 25.2 Å². The highest BCUT2D eigenvalue weighted by molar-refractivity contribution is 6.00. The highest BCUT2D eigenvalue weighted by Gasteiger charge is 2.35. The summed E-state index contributed by atoms with van der Waals surface area (Å²) in [6.07, 6.45) is 1.33. The van der Waals surface area contributed by atoms with Crippen molar-refractivity contribution >= 4 is 35.0 Å². The minimum absolute atomic E-state index is 0.00328. The molecule has 3 N–H and O–H groups in total. The van der Waals surface area contributed by atoms with E-state index in [1.54, 1.807) is 23.1 Å². The smallest absolute Gasteiger partial charge is 0.270 e. The summed E-state index contributed by atoms with van der Waals surface area (Å²) in [4.78, 5) is 55.9. The van der Waals surface area contributed by atoms with Gasteiger partial charge in [0.15, 0.2) is 18.1 Å². The number of anilines is 1. The van der Waals surface area contributed by atoms with Gasteiger partial charge in [-0.1, -0.05) is 6.07 Å². The first-order valence-electron chi connectivity index (χ1n) is 11.7. The normalized spacial score (nSPS) is 17.0. The van der Waals surface area contributed by atoms with Crippen molar-refractivity contribution < 1.29 is 28.3 Å². The zero-order chi connectivity index (χ0) is 26.3. The quantitative estimate of drug-likeness (QED) is 0.447. The van der Waals surface area contributed by atoms with Crippen LogP contribution in [0.3, 0.4) is 0 Å². The van der Waals surface area contributed by atoms with E-state index in [1.807, 2.05) is 13.8 Å². The average Bonchev–Trinajstić information content (AvgIpc) is 3.43. The molecule has 12 nitrogen and oxygen atoms in total. The maximum absolute atomic E-state index is 14.4. The number of hydrogen-bond donors (Lipinski definition) is 3. The number of aromatic nitrogens is 3. The summed E-state index contributed by atoms with van der Waals surface area (Å²) in [5.74, 6) is -2.11. The van der Waals surface area contributed by atoms with Gasteiger partial charge in [-0.05, 0) is 38.0 Å². The maximum Gasteiger partial charge on any atom is 0.270 e. The predicted octanol–water partition coefficient (Wildman–Crippen LogP) is 0.868. The van der Waals surface area contributed by atoms with Gasteiger partial charge in [-0.2, -0.15) is 5.10 Å². The number of nitrogens with one attached hydrogen (secondary N) is 3. The number of halogens is 1. The third-order valence-electron chi connectivity index (χ3n) is 6.19. The Morgan fingerprint density at radius 1 is 1.24 bits per heavy atom. The van der Waals surface area contributed by atoms with Crippen molar-refractivity contribution in [3.63, 3.8) is 0 Å². The molecule has 13 heteroatoms. The van der Waals surface area contributed by atoms with E-state index in [0.717, 1.165) is 10.7 Å². The number of benzene rings is 1. The molecule has 1 fully saturated rings. The van der Waals surface area contributed by atoms with Gasteiger partial charge in [-0.25, -0.2) is 13.9 Å². The summed E-state index contributed by atoms with van der Waals surface area (Å²) in [5, 5.41) is 11.9. The molecule has 0 saturated carbocycles. The number of carbonyl (C=O) groups excluding carboxylic acids is 4. The molecular weight excluding hydrogens is 485 g/mol. The summed E-state index contributed by atoms with van der Waals surface area (Å²) in [6, 6.07) is 5.53. The van der Waals surface area contributed by atoms with Gasteiger partial charge >= 0.3 is 0 Å². The first-order chi connectivity index (χ1) is 17.7. The first kappa shape index (κ1) is 24.2. The van der Waals surface area contributed by atoms with E-state index < -0.39 is 23.7 Å². The molecule has 1 atom stereocenters. The van der Waals surface area contributed by atoms with E-state index in [1.165, 1.54) is 6.07 Å². The first-order valence-corrected chi connectivity index (χ1v) is 11.7. The summed E-state index contributed by atoms with van der Waals surface area (Å²) in [7, 11) is 0. The Morgan fingerprint density at radius 3 is 2.81 bits per heavy atom.